The monoisotopic (exact) mass is 450 g/mol. The van der Waals surface area contributed by atoms with Gasteiger partial charge in [-0.05, 0) is 38.0 Å². The quantitative estimate of drug-likeness (QED) is 0.519. The van der Waals surface area contributed by atoms with Crippen LogP contribution in [0.1, 0.15) is 31.0 Å². The number of anilines is 1. The predicted molar refractivity (Wildman–Crippen MR) is 122 cm³/mol. The fraction of sp³-hybridized carbons (Fsp3) is 0.375. The lowest BCUT2D eigenvalue weighted by Crippen LogP contribution is -2.52. The molecule has 9 heteroatoms. The number of rotatable bonds is 3. The fourth-order valence-corrected chi connectivity index (χ4v) is 4.77. The van der Waals surface area contributed by atoms with Crippen LogP contribution < -0.4 is 15.8 Å². The molecule has 0 aromatic carbocycles. The minimum absolute atomic E-state index is 0.196. The molecule has 4 aromatic heterocycles. The Balaban J connectivity index is 1.44. The van der Waals surface area contributed by atoms with Gasteiger partial charge >= 0.3 is 0 Å². The van der Waals surface area contributed by atoms with E-state index in [2.05, 4.69) is 20.2 Å². The van der Waals surface area contributed by atoms with Gasteiger partial charge in [0.15, 0.2) is 0 Å². The van der Waals surface area contributed by atoms with Crippen molar-refractivity contribution in [3.8, 4) is 11.3 Å². The normalized spacial score (nSPS) is 17.9. The highest BCUT2D eigenvalue weighted by atomic mass is 19.3. The van der Waals surface area contributed by atoms with Crippen molar-refractivity contribution in [2.75, 3.05) is 24.5 Å². The minimum Gasteiger partial charge on any atom is -0.367 e. The Morgan fingerprint density at radius 2 is 1.94 bits per heavy atom. The zero-order valence-electron chi connectivity index (χ0n) is 18.5. The Bertz CT molecular complexity index is 1460. The topological polar surface area (TPSA) is 66.9 Å². The molecule has 2 aliphatic rings. The first-order valence-corrected chi connectivity index (χ1v) is 11.1. The van der Waals surface area contributed by atoms with E-state index < -0.39 is 5.92 Å². The molecular weight excluding hydrogens is 426 g/mol. The lowest BCUT2D eigenvalue weighted by molar-refractivity contribution is 0.0186. The highest BCUT2D eigenvalue weighted by molar-refractivity contribution is 5.67. The molecule has 170 valence electrons. The molecule has 0 radical (unpaired) electrons. The smallest absolute Gasteiger partial charge is 0.274 e. The first-order valence-electron chi connectivity index (χ1n) is 11.1. The van der Waals surface area contributed by atoms with E-state index in [-0.39, 0.29) is 22.3 Å². The summed E-state index contributed by atoms with van der Waals surface area (Å²) in [6.45, 7) is 5.34. The Labute approximate surface area is 188 Å². The summed E-state index contributed by atoms with van der Waals surface area (Å²) in [5, 5.41) is 3.59. The van der Waals surface area contributed by atoms with Gasteiger partial charge in [-0.1, -0.05) is 0 Å². The molecule has 7 nitrogen and oxygen atoms in total. The van der Waals surface area contributed by atoms with Crippen LogP contribution in [-0.4, -0.2) is 43.9 Å². The van der Waals surface area contributed by atoms with Crippen LogP contribution in [0.25, 0.3) is 22.6 Å². The third kappa shape index (κ3) is 3.47. The van der Waals surface area contributed by atoms with Crippen molar-refractivity contribution < 1.29 is 8.78 Å². The molecule has 1 spiro atoms. The average molecular weight is 450 g/mol. The second kappa shape index (κ2) is 6.84. The van der Waals surface area contributed by atoms with Crippen LogP contribution in [0.3, 0.4) is 0 Å². The molecule has 6 rings (SSSR count). The van der Waals surface area contributed by atoms with Gasteiger partial charge in [-0.2, -0.15) is 0 Å². The molecule has 0 unspecified atom stereocenters. The zero-order valence-corrected chi connectivity index (χ0v) is 18.5. The molecule has 4 aromatic rings. The zero-order chi connectivity index (χ0) is 23.0. The molecular formula is C24H24F2N6O. The first-order chi connectivity index (χ1) is 15.7. The van der Waals surface area contributed by atoms with E-state index in [9.17, 15) is 13.6 Å². The Morgan fingerprint density at radius 3 is 2.70 bits per heavy atom. The van der Waals surface area contributed by atoms with Crippen molar-refractivity contribution in [3.63, 3.8) is 0 Å². The van der Waals surface area contributed by atoms with Gasteiger partial charge in [-0.3, -0.25) is 9.20 Å². The summed E-state index contributed by atoms with van der Waals surface area (Å²) in [7, 11) is 0. The lowest BCUT2D eigenvalue weighted by atomic mass is 10.1. The number of aryl methyl sites for hydroxylation is 1. The van der Waals surface area contributed by atoms with E-state index in [1.807, 2.05) is 18.3 Å². The van der Waals surface area contributed by atoms with Crippen molar-refractivity contribution in [1.82, 2.24) is 24.1 Å². The Morgan fingerprint density at radius 1 is 1.12 bits per heavy atom. The van der Waals surface area contributed by atoms with Crippen molar-refractivity contribution in [1.29, 1.82) is 0 Å². The van der Waals surface area contributed by atoms with Crippen molar-refractivity contribution in [3.05, 3.63) is 64.5 Å². The van der Waals surface area contributed by atoms with Crippen molar-refractivity contribution >= 4 is 17.0 Å². The number of nitrogens with one attached hydrogen (secondary N) is 1. The number of aromatic nitrogens is 4. The second-order valence-corrected chi connectivity index (χ2v) is 9.37. The molecule has 0 bridgehead atoms. The molecule has 1 aliphatic heterocycles. The van der Waals surface area contributed by atoms with Crippen molar-refractivity contribution in [2.45, 2.75) is 38.2 Å². The van der Waals surface area contributed by atoms with Gasteiger partial charge in [0.05, 0.1) is 22.6 Å². The standard InChI is InChI=1S/C24H24F2N6O/c1-15-11-31-12-16(9-18(22(31)28-15)23(2,25)26)19-10-21(33)32-13-17(3-4-20(32)29-19)30-8-7-27-24(14-30)5-6-24/h3-4,9-13,27H,5-8,14H2,1-2H3. The van der Waals surface area contributed by atoms with Gasteiger partial charge in [0.1, 0.15) is 11.3 Å². The molecule has 1 N–H and O–H groups in total. The molecule has 1 aliphatic carbocycles. The molecule has 0 atom stereocenters. The highest BCUT2D eigenvalue weighted by Crippen LogP contribution is 2.38. The third-order valence-electron chi connectivity index (χ3n) is 6.68. The number of nitrogens with zero attached hydrogens (tertiary/aromatic N) is 5. The highest BCUT2D eigenvalue weighted by Gasteiger charge is 2.45. The molecule has 5 heterocycles. The summed E-state index contributed by atoms with van der Waals surface area (Å²) in [6, 6.07) is 6.57. The van der Waals surface area contributed by atoms with E-state index >= 15 is 0 Å². The summed E-state index contributed by atoms with van der Waals surface area (Å²) in [5.74, 6) is -3.09. The van der Waals surface area contributed by atoms with Gasteiger partial charge in [0, 0.05) is 62.3 Å². The number of pyridine rings is 2. The van der Waals surface area contributed by atoms with Gasteiger partial charge < -0.3 is 14.6 Å². The maximum atomic E-state index is 14.4. The van der Waals surface area contributed by atoms with E-state index in [1.165, 1.54) is 29.4 Å². The number of piperazine rings is 1. The number of fused-ring (bicyclic) bond motifs is 2. The molecule has 1 saturated heterocycles. The average Bonchev–Trinajstić information content (AvgIpc) is 3.39. The molecule has 2 fully saturated rings. The molecule has 0 amide bonds. The predicted octanol–water partition coefficient (Wildman–Crippen LogP) is 3.37. The number of imidazole rings is 1. The van der Waals surface area contributed by atoms with Gasteiger partial charge in [-0.25, -0.2) is 18.7 Å². The molecule has 33 heavy (non-hydrogen) atoms. The van der Waals surface area contributed by atoms with E-state index in [1.54, 1.807) is 23.7 Å². The van der Waals surface area contributed by atoms with Crippen LogP contribution in [0.4, 0.5) is 14.5 Å². The van der Waals surface area contributed by atoms with E-state index in [0.717, 1.165) is 32.2 Å². The number of halogens is 2. The summed E-state index contributed by atoms with van der Waals surface area (Å²) in [4.78, 5) is 24.2. The van der Waals surface area contributed by atoms with Gasteiger partial charge in [0.25, 0.3) is 11.5 Å². The van der Waals surface area contributed by atoms with Crippen LogP contribution in [-0.2, 0) is 5.92 Å². The van der Waals surface area contributed by atoms with E-state index in [4.69, 9.17) is 0 Å². The maximum Gasteiger partial charge on any atom is 0.274 e. The summed E-state index contributed by atoms with van der Waals surface area (Å²) < 4.78 is 31.8. The van der Waals surface area contributed by atoms with Crippen LogP contribution in [0, 0.1) is 6.92 Å². The second-order valence-electron chi connectivity index (χ2n) is 9.37. The maximum absolute atomic E-state index is 14.4. The summed E-state index contributed by atoms with van der Waals surface area (Å²) in [5.41, 5.74) is 2.87. The summed E-state index contributed by atoms with van der Waals surface area (Å²) >= 11 is 0. The molecule has 1 saturated carbocycles. The van der Waals surface area contributed by atoms with Crippen LogP contribution in [0.5, 0.6) is 0 Å². The number of alkyl halides is 2. The van der Waals surface area contributed by atoms with Crippen molar-refractivity contribution in [2.24, 2.45) is 0 Å². The first kappa shape index (κ1) is 20.3. The van der Waals surface area contributed by atoms with Gasteiger partial charge in [0.2, 0.25) is 0 Å². The number of hydrogen-bond donors (Lipinski definition) is 1. The van der Waals surface area contributed by atoms with Gasteiger partial charge in [-0.15, -0.1) is 0 Å². The third-order valence-corrected chi connectivity index (χ3v) is 6.68. The van der Waals surface area contributed by atoms with Crippen LogP contribution >= 0.6 is 0 Å². The fourth-order valence-electron chi connectivity index (χ4n) is 4.77. The summed E-state index contributed by atoms with van der Waals surface area (Å²) in [6.07, 6.45) is 7.56. The number of hydrogen-bond acceptors (Lipinski definition) is 5. The largest absolute Gasteiger partial charge is 0.367 e. The SMILES string of the molecule is Cc1cn2cc(-c3cc(=O)n4cc(N5CCNC6(CC6)C5)ccc4n3)cc(C(C)(F)F)c2n1. The van der Waals surface area contributed by atoms with Crippen LogP contribution in [0.2, 0.25) is 0 Å². The van der Waals surface area contributed by atoms with Crippen LogP contribution in [0.15, 0.2) is 47.7 Å². The lowest BCUT2D eigenvalue weighted by Gasteiger charge is -2.35. The Kier molecular flexibility index (Phi) is 4.20. The van der Waals surface area contributed by atoms with E-state index in [0.29, 0.717) is 22.6 Å². The Hall–Kier alpha value is -3.33. The minimum atomic E-state index is -3.09.